The van der Waals surface area contributed by atoms with Gasteiger partial charge in [0, 0.05) is 19.8 Å². The van der Waals surface area contributed by atoms with Gasteiger partial charge in [-0.15, -0.1) is 0 Å². The molecule has 1 fully saturated rings. The lowest BCUT2D eigenvalue weighted by Gasteiger charge is -2.31. The van der Waals surface area contributed by atoms with Crippen LogP contribution in [0.2, 0.25) is 0 Å². The van der Waals surface area contributed by atoms with Gasteiger partial charge in [0.2, 0.25) is 0 Å². The van der Waals surface area contributed by atoms with Crippen molar-refractivity contribution >= 4 is 17.3 Å². The monoisotopic (exact) mass is 318 g/mol. The molecule has 1 aliphatic heterocycles. The Morgan fingerprint density at radius 3 is 2.70 bits per heavy atom. The number of hydrogen-bond acceptors (Lipinski definition) is 5. The topological polar surface area (TPSA) is 99.1 Å². The predicted octanol–water partition coefficient (Wildman–Crippen LogP) is 1.51. The van der Waals surface area contributed by atoms with Crippen LogP contribution in [0.3, 0.4) is 0 Å². The van der Waals surface area contributed by atoms with E-state index in [1.54, 1.807) is 42.9 Å². The lowest BCUT2D eigenvalue weighted by atomic mass is 10.0. The number of anilines is 1. The van der Waals surface area contributed by atoms with Crippen LogP contribution in [-0.4, -0.2) is 36.9 Å². The molecule has 0 saturated carbocycles. The molecular weight excluding hydrogens is 300 g/mol. The van der Waals surface area contributed by atoms with Gasteiger partial charge in [-0.1, -0.05) is 0 Å². The number of piperidine rings is 1. The Labute approximate surface area is 132 Å². The fourth-order valence-corrected chi connectivity index (χ4v) is 3.11. The lowest BCUT2D eigenvalue weighted by molar-refractivity contribution is -0.386. The Bertz CT molecular complexity index is 778. The molecule has 1 saturated heterocycles. The third-order valence-corrected chi connectivity index (χ3v) is 4.18. The third-order valence-electron chi connectivity index (χ3n) is 4.18. The fourth-order valence-electron chi connectivity index (χ4n) is 3.11. The molecule has 0 spiro atoms. The number of carbonyl (C=O) groups excluding carboxylic acids is 1. The average molecular weight is 318 g/mol. The van der Waals surface area contributed by atoms with Crippen molar-refractivity contribution in [3.8, 4) is 0 Å². The highest BCUT2D eigenvalue weighted by atomic mass is 16.6. The molecule has 0 bridgehead atoms. The second kappa shape index (κ2) is 5.49. The number of amides is 1. The third kappa shape index (κ3) is 2.47. The lowest BCUT2D eigenvalue weighted by Crippen LogP contribution is -2.42. The second-order valence-corrected chi connectivity index (χ2v) is 5.74. The summed E-state index contributed by atoms with van der Waals surface area (Å²) in [6.45, 7) is 3.84. The van der Waals surface area contributed by atoms with Crippen LogP contribution in [0.5, 0.6) is 0 Å². The van der Waals surface area contributed by atoms with Crippen molar-refractivity contribution < 1.29 is 9.72 Å². The summed E-state index contributed by atoms with van der Waals surface area (Å²) < 4.78 is 3.14. The number of aryl methyl sites for hydroxylation is 2. The van der Waals surface area contributed by atoms with Gasteiger partial charge in [-0.3, -0.25) is 19.6 Å². The van der Waals surface area contributed by atoms with Gasteiger partial charge in [0.05, 0.1) is 16.8 Å². The predicted molar refractivity (Wildman–Crippen MR) is 82.2 cm³/mol. The van der Waals surface area contributed by atoms with Crippen molar-refractivity contribution in [3.63, 3.8) is 0 Å². The van der Waals surface area contributed by atoms with E-state index in [0.29, 0.717) is 24.4 Å². The molecule has 0 aromatic carbocycles. The van der Waals surface area contributed by atoms with E-state index in [1.165, 1.54) is 4.68 Å². The fraction of sp³-hybridized carbons (Fsp3) is 0.500. The van der Waals surface area contributed by atoms with E-state index in [0.717, 1.165) is 12.1 Å². The summed E-state index contributed by atoms with van der Waals surface area (Å²) in [7, 11) is 1.79. The van der Waals surface area contributed by atoms with Crippen LogP contribution in [0.4, 0.5) is 11.4 Å². The smallest absolute Gasteiger partial charge is 0.308 e. The van der Waals surface area contributed by atoms with Crippen LogP contribution >= 0.6 is 0 Å². The quantitative estimate of drug-likeness (QED) is 0.631. The molecule has 1 aliphatic rings. The number of nitrogens with zero attached hydrogens (tertiary/aromatic N) is 6. The molecule has 0 radical (unpaired) electrons. The first-order valence-corrected chi connectivity index (χ1v) is 7.40. The van der Waals surface area contributed by atoms with Crippen molar-refractivity contribution in [2.45, 2.75) is 32.7 Å². The first kappa shape index (κ1) is 15.2. The molecule has 9 heteroatoms. The van der Waals surface area contributed by atoms with Gasteiger partial charge < -0.3 is 4.90 Å². The first-order chi connectivity index (χ1) is 10.9. The molecule has 122 valence electrons. The van der Waals surface area contributed by atoms with Crippen molar-refractivity contribution in [1.82, 2.24) is 19.6 Å². The highest BCUT2D eigenvalue weighted by Crippen LogP contribution is 2.31. The molecule has 1 atom stereocenters. The van der Waals surface area contributed by atoms with E-state index in [9.17, 15) is 14.9 Å². The van der Waals surface area contributed by atoms with Gasteiger partial charge in [-0.05, 0) is 26.7 Å². The summed E-state index contributed by atoms with van der Waals surface area (Å²) in [5.74, 6) is -0.107. The van der Waals surface area contributed by atoms with E-state index >= 15 is 0 Å². The Kier molecular flexibility index (Phi) is 3.63. The zero-order valence-electron chi connectivity index (χ0n) is 13.3. The molecule has 9 nitrogen and oxygen atoms in total. The summed E-state index contributed by atoms with van der Waals surface area (Å²) in [4.78, 5) is 25.2. The minimum atomic E-state index is -0.517. The van der Waals surface area contributed by atoms with Gasteiger partial charge in [0.1, 0.15) is 17.4 Å². The highest BCUT2D eigenvalue weighted by molar-refractivity contribution is 5.96. The van der Waals surface area contributed by atoms with Crippen LogP contribution in [0, 0.1) is 24.0 Å². The molecule has 0 unspecified atom stereocenters. The summed E-state index contributed by atoms with van der Waals surface area (Å²) in [5, 5.41) is 19.5. The molecule has 3 rings (SSSR count). The maximum atomic E-state index is 12.8. The van der Waals surface area contributed by atoms with Crippen LogP contribution in [-0.2, 0) is 11.8 Å². The van der Waals surface area contributed by atoms with E-state index in [2.05, 4.69) is 10.2 Å². The number of hydrogen-bond donors (Lipinski definition) is 0. The SMILES string of the molecule is Cc1nn([C@H]2CCCN(c3cnn(C)c3)C2=O)c(C)c1[N+](=O)[O-]. The summed E-state index contributed by atoms with van der Waals surface area (Å²) in [6.07, 6.45) is 4.85. The van der Waals surface area contributed by atoms with Gasteiger partial charge in [0.15, 0.2) is 0 Å². The molecule has 2 aromatic heterocycles. The normalized spacial score (nSPS) is 18.5. The Morgan fingerprint density at radius 1 is 1.39 bits per heavy atom. The van der Waals surface area contributed by atoms with Gasteiger partial charge in [-0.2, -0.15) is 10.2 Å². The number of carbonyl (C=O) groups is 1. The van der Waals surface area contributed by atoms with E-state index in [-0.39, 0.29) is 11.6 Å². The first-order valence-electron chi connectivity index (χ1n) is 7.40. The minimum absolute atomic E-state index is 0.0173. The Hall–Kier alpha value is -2.71. The van der Waals surface area contributed by atoms with Crippen molar-refractivity contribution in [3.05, 3.63) is 33.9 Å². The van der Waals surface area contributed by atoms with Crippen LogP contribution in [0.15, 0.2) is 12.4 Å². The zero-order chi connectivity index (χ0) is 16.7. The maximum Gasteiger partial charge on any atom is 0.312 e. The summed E-state index contributed by atoms with van der Waals surface area (Å²) >= 11 is 0. The largest absolute Gasteiger partial charge is 0.312 e. The minimum Gasteiger partial charge on any atom is -0.308 e. The highest BCUT2D eigenvalue weighted by Gasteiger charge is 2.35. The average Bonchev–Trinajstić information content (AvgIpc) is 3.03. The number of aromatic nitrogens is 4. The second-order valence-electron chi connectivity index (χ2n) is 5.74. The van der Waals surface area contributed by atoms with Crippen molar-refractivity contribution in [2.75, 3.05) is 11.4 Å². The molecule has 0 N–H and O–H groups in total. The van der Waals surface area contributed by atoms with E-state index in [4.69, 9.17) is 0 Å². The molecule has 23 heavy (non-hydrogen) atoms. The zero-order valence-corrected chi connectivity index (χ0v) is 13.3. The molecule has 0 aliphatic carbocycles. The number of nitro groups is 1. The number of rotatable bonds is 3. The van der Waals surface area contributed by atoms with Crippen LogP contribution in [0.1, 0.15) is 30.3 Å². The summed E-state index contributed by atoms with van der Waals surface area (Å²) in [5.41, 5.74) is 1.47. The van der Waals surface area contributed by atoms with Gasteiger partial charge in [0.25, 0.3) is 5.91 Å². The molecule has 1 amide bonds. The van der Waals surface area contributed by atoms with Crippen molar-refractivity contribution in [2.24, 2.45) is 7.05 Å². The molecule has 2 aromatic rings. The summed E-state index contributed by atoms with van der Waals surface area (Å²) in [6, 6.07) is -0.517. The van der Waals surface area contributed by atoms with E-state index in [1.807, 2.05) is 0 Å². The Morgan fingerprint density at radius 2 is 2.13 bits per heavy atom. The van der Waals surface area contributed by atoms with E-state index < -0.39 is 11.0 Å². The van der Waals surface area contributed by atoms with Gasteiger partial charge >= 0.3 is 5.69 Å². The standard InChI is InChI=1S/C14H18N6O3/c1-9-13(20(22)23)10(2)19(16-9)12-5-4-6-18(14(12)21)11-7-15-17(3)8-11/h7-8,12H,4-6H2,1-3H3/t12-/m0/s1. The van der Waals surface area contributed by atoms with Crippen LogP contribution in [0.25, 0.3) is 0 Å². The Balaban J connectivity index is 1.96. The van der Waals surface area contributed by atoms with Crippen molar-refractivity contribution in [1.29, 1.82) is 0 Å². The van der Waals surface area contributed by atoms with Crippen LogP contribution < -0.4 is 4.90 Å². The molecular formula is C14H18N6O3. The van der Waals surface area contributed by atoms with Gasteiger partial charge in [-0.25, -0.2) is 4.68 Å². The molecule has 3 heterocycles. The maximum absolute atomic E-state index is 12.8.